The first-order valence-corrected chi connectivity index (χ1v) is 12.8. The van der Waals surface area contributed by atoms with Crippen LogP contribution in [-0.4, -0.2) is 24.8 Å². The van der Waals surface area contributed by atoms with Crippen molar-refractivity contribution in [3.8, 4) is 17.2 Å². The first-order valence-electron chi connectivity index (χ1n) is 12.4. The summed E-state index contributed by atoms with van der Waals surface area (Å²) in [6.45, 7) is 2.79. The molecule has 0 N–H and O–H groups in total. The maximum Gasteiger partial charge on any atom is 0.199 e. The van der Waals surface area contributed by atoms with E-state index < -0.39 is 0 Å². The molecule has 0 spiro atoms. The number of nitrogens with zero attached hydrogens (tertiary/aromatic N) is 5. The van der Waals surface area contributed by atoms with Crippen molar-refractivity contribution in [2.24, 2.45) is 0 Å². The highest BCUT2D eigenvalue weighted by molar-refractivity contribution is 6.30. The van der Waals surface area contributed by atoms with Crippen LogP contribution in [0.15, 0.2) is 103 Å². The molecule has 0 radical (unpaired) electrons. The molecule has 2 aromatic heterocycles. The van der Waals surface area contributed by atoms with Crippen LogP contribution in [0.25, 0.3) is 28.0 Å². The lowest BCUT2D eigenvalue weighted by Gasteiger charge is -2.15. The van der Waals surface area contributed by atoms with Crippen molar-refractivity contribution in [2.45, 2.75) is 26.3 Å². The first kappa shape index (κ1) is 23.2. The fourth-order valence-electron chi connectivity index (χ4n) is 4.89. The molecular formula is C31H26ClN5. The Kier molecular flexibility index (Phi) is 6.29. The SMILES string of the molecule is Cc1ccc(Cc2c3ccccc3c(-c3nnnn3CCc3ccccc3)n2-c2ccc(Cl)cc2)cc1. The van der Waals surface area contributed by atoms with E-state index in [0.717, 1.165) is 35.4 Å². The average molecular weight is 504 g/mol. The molecule has 0 bridgehead atoms. The van der Waals surface area contributed by atoms with Gasteiger partial charge in [0.25, 0.3) is 0 Å². The highest BCUT2D eigenvalue weighted by Gasteiger charge is 2.24. The van der Waals surface area contributed by atoms with Gasteiger partial charge in [-0.1, -0.05) is 96.0 Å². The minimum atomic E-state index is 0.680. The van der Waals surface area contributed by atoms with Crippen LogP contribution in [-0.2, 0) is 19.4 Å². The Morgan fingerprint density at radius 3 is 2.19 bits per heavy atom. The van der Waals surface area contributed by atoms with Gasteiger partial charge >= 0.3 is 0 Å². The van der Waals surface area contributed by atoms with E-state index >= 15 is 0 Å². The Labute approximate surface area is 221 Å². The Morgan fingerprint density at radius 2 is 1.43 bits per heavy atom. The molecule has 182 valence electrons. The summed E-state index contributed by atoms with van der Waals surface area (Å²) in [6.07, 6.45) is 1.61. The second-order valence-electron chi connectivity index (χ2n) is 9.28. The van der Waals surface area contributed by atoms with Crippen molar-refractivity contribution in [3.63, 3.8) is 0 Å². The van der Waals surface area contributed by atoms with Crippen molar-refractivity contribution >= 4 is 22.4 Å². The fourth-order valence-corrected chi connectivity index (χ4v) is 5.02. The molecular weight excluding hydrogens is 478 g/mol. The standard InChI is InChI=1S/C31H26ClN5/c1-22-11-13-24(14-12-22)21-29-27-9-5-6-10-28(27)30(37(29)26-17-15-25(32)16-18-26)31-33-34-35-36(31)20-19-23-7-3-2-4-8-23/h2-18H,19-21H2,1H3. The van der Waals surface area contributed by atoms with E-state index in [4.69, 9.17) is 11.6 Å². The first-order chi connectivity index (χ1) is 18.2. The van der Waals surface area contributed by atoms with Gasteiger partial charge in [-0.15, -0.1) is 5.10 Å². The summed E-state index contributed by atoms with van der Waals surface area (Å²) in [5.41, 5.74) is 6.95. The Balaban J connectivity index is 1.54. The van der Waals surface area contributed by atoms with Gasteiger partial charge in [0.1, 0.15) is 5.69 Å². The van der Waals surface area contributed by atoms with Crippen LogP contribution in [0.4, 0.5) is 0 Å². The van der Waals surface area contributed by atoms with Crippen LogP contribution in [0.5, 0.6) is 0 Å². The van der Waals surface area contributed by atoms with Crippen LogP contribution in [0.2, 0.25) is 5.02 Å². The van der Waals surface area contributed by atoms with Gasteiger partial charge in [-0.05, 0) is 59.2 Å². The zero-order chi connectivity index (χ0) is 25.2. The van der Waals surface area contributed by atoms with Gasteiger partial charge < -0.3 is 4.57 Å². The zero-order valence-electron chi connectivity index (χ0n) is 20.6. The van der Waals surface area contributed by atoms with Gasteiger partial charge in [0.2, 0.25) is 0 Å². The van der Waals surface area contributed by atoms with E-state index in [9.17, 15) is 0 Å². The quantitative estimate of drug-likeness (QED) is 0.234. The zero-order valence-corrected chi connectivity index (χ0v) is 21.3. The Hall–Kier alpha value is -4.22. The lowest BCUT2D eigenvalue weighted by atomic mass is 10.0. The van der Waals surface area contributed by atoms with Crippen LogP contribution >= 0.6 is 11.6 Å². The highest BCUT2D eigenvalue weighted by atomic mass is 35.5. The normalized spacial score (nSPS) is 11.3. The monoisotopic (exact) mass is 503 g/mol. The van der Waals surface area contributed by atoms with Gasteiger partial charge in [0.05, 0.1) is 0 Å². The second-order valence-corrected chi connectivity index (χ2v) is 9.71. The molecule has 0 amide bonds. The third-order valence-electron chi connectivity index (χ3n) is 6.76. The lowest BCUT2D eigenvalue weighted by molar-refractivity contribution is 0.592. The number of halogens is 1. The van der Waals surface area contributed by atoms with Gasteiger partial charge in [-0.3, -0.25) is 0 Å². The molecule has 0 saturated carbocycles. The molecule has 6 rings (SSSR count). The summed E-state index contributed by atoms with van der Waals surface area (Å²) < 4.78 is 4.21. The number of benzene rings is 4. The average Bonchev–Trinajstić information content (AvgIpc) is 3.52. The van der Waals surface area contributed by atoms with Crippen LogP contribution in [0.1, 0.15) is 22.4 Å². The molecule has 0 aliphatic carbocycles. The van der Waals surface area contributed by atoms with Crippen molar-refractivity contribution in [1.82, 2.24) is 24.8 Å². The molecule has 2 heterocycles. The molecule has 0 atom stereocenters. The number of aryl methyl sites for hydroxylation is 3. The summed E-state index contributed by atoms with van der Waals surface area (Å²) in [4.78, 5) is 0. The second kappa shape index (κ2) is 10.0. The molecule has 0 aliphatic heterocycles. The number of rotatable bonds is 7. The predicted molar refractivity (Wildman–Crippen MR) is 149 cm³/mol. The molecule has 0 aliphatic rings. The van der Waals surface area contributed by atoms with Gasteiger partial charge in [-0.2, -0.15) is 0 Å². The van der Waals surface area contributed by atoms with E-state index in [2.05, 4.69) is 112 Å². The Morgan fingerprint density at radius 1 is 0.730 bits per heavy atom. The van der Waals surface area contributed by atoms with Crippen molar-refractivity contribution < 1.29 is 0 Å². The number of hydrogen-bond donors (Lipinski definition) is 0. The van der Waals surface area contributed by atoms with Gasteiger partial charge in [0.15, 0.2) is 5.82 Å². The third-order valence-corrected chi connectivity index (χ3v) is 7.01. The van der Waals surface area contributed by atoms with E-state index in [1.807, 2.05) is 22.9 Å². The summed E-state index contributed by atoms with van der Waals surface area (Å²) in [6, 6.07) is 35.6. The van der Waals surface area contributed by atoms with Crippen molar-refractivity contribution in [3.05, 3.63) is 131 Å². The largest absolute Gasteiger partial charge is 0.309 e. The molecule has 6 aromatic rings. The molecule has 4 aromatic carbocycles. The predicted octanol–water partition coefficient (Wildman–Crippen LogP) is 7.08. The van der Waals surface area contributed by atoms with Gasteiger partial charge in [-0.25, -0.2) is 4.68 Å². The molecule has 0 fully saturated rings. The smallest absolute Gasteiger partial charge is 0.199 e. The van der Waals surface area contributed by atoms with Crippen molar-refractivity contribution in [1.29, 1.82) is 0 Å². The summed E-state index contributed by atoms with van der Waals surface area (Å²) in [5.74, 6) is 0.747. The lowest BCUT2D eigenvalue weighted by Crippen LogP contribution is -2.09. The van der Waals surface area contributed by atoms with Crippen LogP contribution in [0.3, 0.4) is 0 Å². The minimum Gasteiger partial charge on any atom is -0.309 e. The van der Waals surface area contributed by atoms with E-state index in [1.165, 1.54) is 27.8 Å². The minimum absolute atomic E-state index is 0.680. The summed E-state index contributed by atoms with van der Waals surface area (Å²) in [5, 5.41) is 16.0. The van der Waals surface area contributed by atoms with E-state index in [1.54, 1.807) is 0 Å². The van der Waals surface area contributed by atoms with E-state index in [0.29, 0.717) is 11.6 Å². The fraction of sp³-hybridized carbons (Fsp3) is 0.129. The third kappa shape index (κ3) is 4.66. The van der Waals surface area contributed by atoms with Gasteiger partial charge in [0, 0.05) is 40.1 Å². The van der Waals surface area contributed by atoms with E-state index in [-0.39, 0.29) is 0 Å². The Bertz CT molecular complexity index is 1650. The molecule has 0 unspecified atom stereocenters. The summed E-state index contributed by atoms with van der Waals surface area (Å²) in [7, 11) is 0. The number of tetrazole rings is 1. The number of hydrogen-bond acceptors (Lipinski definition) is 3. The highest BCUT2D eigenvalue weighted by Crippen LogP contribution is 2.37. The van der Waals surface area contributed by atoms with Crippen molar-refractivity contribution in [2.75, 3.05) is 0 Å². The molecule has 37 heavy (non-hydrogen) atoms. The van der Waals surface area contributed by atoms with Crippen LogP contribution < -0.4 is 0 Å². The summed E-state index contributed by atoms with van der Waals surface area (Å²) >= 11 is 6.28. The maximum atomic E-state index is 6.28. The molecule has 6 heteroatoms. The molecule has 5 nitrogen and oxygen atoms in total. The topological polar surface area (TPSA) is 48.5 Å². The van der Waals surface area contributed by atoms with Crippen LogP contribution in [0, 0.1) is 6.92 Å². The number of aromatic nitrogens is 5. The molecule has 0 saturated heterocycles. The maximum absolute atomic E-state index is 6.28. The number of fused-ring (bicyclic) bond motifs is 1.